The summed E-state index contributed by atoms with van der Waals surface area (Å²) in [5, 5.41) is 3.03. The lowest BCUT2D eigenvalue weighted by molar-refractivity contribution is 0.601. The highest BCUT2D eigenvalue weighted by Crippen LogP contribution is 2.27. The van der Waals surface area contributed by atoms with Crippen LogP contribution in [0.4, 0.5) is 5.69 Å². The van der Waals surface area contributed by atoms with Crippen LogP contribution in [0.15, 0.2) is 35.2 Å². The maximum absolute atomic E-state index is 12.4. The fourth-order valence-electron chi connectivity index (χ4n) is 1.88. The van der Waals surface area contributed by atoms with E-state index < -0.39 is 10.0 Å². The first kappa shape index (κ1) is 15.0. The Morgan fingerprint density at radius 2 is 1.80 bits per heavy atom. The molecule has 6 heteroatoms. The van der Waals surface area contributed by atoms with E-state index in [1.165, 1.54) is 11.3 Å². The van der Waals surface area contributed by atoms with Gasteiger partial charge in [-0.2, -0.15) is 0 Å². The molecule has 0 aliphatic rings. The maximum Gasteiger partial charge on any atom is 0.263 e. The zero-order valence-corrected chi connectivity index (χ0v) is 13.4. The summed E-state index contributed by atoms with van der Waals surface area (Å²) < 4.78 is 27.4. The van der Waals surface area contributed by atoms with E-state index in [4.69, 9.17) is 0 Å². The number of hydrogen-bond donors (Lipinski definition) is 2. The predicted molar refractivity (Wildman–Crippen MR) is 83.8 cm³/mol. The van der Waals surface area contributed by atoms with Crippen molar-refractivity contribution in [3.8, 4) is 0 Å². The lowest BCUT2D eigenvalue weighted by Gasteiger charge is -2.07. The third-order valence-corrected chi connectivity index (χ3v) is 5.55. The van der Waals surface area contributed by atoms with Gasteiger partial charge in [-0.05, 0) is 39.1 Å². The van der Waals surface area contributed by atoms with Crippen LogP contribution in [0.1, 0.15) is 15.3 Å². The zero-order valence-electron chi connectivity index (χ0n) is 11.7. The Labute approximate surface area is 123 Å². The minimum absolute atomic E-state index is 0.355. The minimum Gasteiger partial charge on any atom is -0.315 e. The van der Waals surface area contributed by atoms with Gasteiger partial charge in [-0.15, -0.1) is 11.3 Å². The number of sulfonamides is 1. The van der Waals surface area contributed by atoms with Crippen LogP contribution in [0.5, 0.6) is 0 Å². The van der Waals surface area contributed by atoms with Gasteiger partial charge in [0.1, 0.15) is 4.90 Å². The molecular weight excluding hydrogens is 292 g/mol. The predicted octanol–water partition coefficient (Wildman–Crippen LogP) is 2.89. The summed E-state index contributed by atoms with van der Waals surface area (Å²) in [6, 6.07) is 9.02. The van der Waals surface area contributed by atoms with Crippen molar-refractivity contribution in [1.29, 1.82) is 0 Å². The summed E-state index contributed by atoms with van der Waals surface area (Å²) in [5.74, 6) is 0. The van der Waals surface area contributed by atoms with Gasteiger partial charge in [-0.3, -0.25) is 4.72 Å². The van der Waals surface area contributed by atoms with Crippen LogP contribution < -0.4 is 10.0 Å². The quantitative estimate of drug-likeness (QED) is 0.893. The van der Waals surface area contributed by atoms with Gasteiger partial charge >= 0.3 is 0 Å². The molecule has 0 spiro atoms. The Bertz CT molecular complexity index is 688. The van der Waals surface area contributed by atoms with Crippen molar-refractivity contribution >= 4 is 27.0 Å². The number of aryl methyl sites for hydroxylation is 2. The van der Waals surface area contributed by atoms with Crippen molar-refractivity contribution in [3.63, 3.8) is 0 Å². The average Bonchev–Trinajstić information content (AvgIpc) is 2.74. The van der Waals surface area contributed by atoms with E-state index in [-0.39, 0.29) is 0 Å². The van der Waals surface area contributed by atoms with Crippen LogP contribution in [-0.2, 0) is 16.6 Å². The molecule has 0 atom stereocenters. The van der Waals surface area contributed by atoms with Crippen LogP contribution in [0.3, 0.4) is 0 Å². The van der Waals surface area contributed by atoms with Crippen molar-refractivity contribution in [1.82, 2.24) is 5.32 Å². The largest absolute Gasteiger partial charge is 0.315 e. The molecule has 1 heterocycles. The monoisotopic (exact) mass is 310 g/mol. The van der Waals surface area contributed by atoms with Gasteiger partial charge < -0.3 is 5.32 Å². The topological polar surface area (TPSA) is 58.2 Å². The Hall–Kier alpha value is -1.37. The number of thiophene rings is 1. The molecule has 1 aromatic heterocycles. The number of anilines is 1. The van der Waals surface area contributed by atoms with Gasteiger partial charge in [0.15, 0.2) is 0 Å². The summed E-state index contributed by atoms with van der Waals surface area (Å²) in [4.78, 5) is 2.16. The molecule has 0 radical (unpaired) electrons. The molecule has 0 saturated heterocycles. The Balaban J connectivity index is 2.28. The molecule has 20 heavy (non-hydrogen) atoms. The maximum atomic E-state index is 12.4. The van der Waals surface area contributed by atoms with Gasteiger partial charge in [-0.25, -0.2) is 8.42 Å². The lowest BCUT2D eigenvalue weighted by Crippen LogP contribution is -2.13. The van der Waals surface area contributed by atoms with E-state index in [1.54, 1.807) is 18.2 Å². The Kier molecular flexibility index (Phi) is 4.47. The highest BCUT2D eigenvalue weighted by Gasteiger charge is 2.19. The summed E-state index contributed by atoms with van der Waals surface area (Å²) >= 11 is 1.50. The minimum atomic E-state index is -3.52. The van der Waals surface area contributed by atoms with Crippen molar-refractivity contribution in [2.45, 2.75) is 25.3 Å². The molecule has 0 unspecified atom stereocenters. The third kappa shape index (κ3) is 3.39. The van der Waals surface area contributed by atoms with E-state index in [1.807, 2.05) is 33.0 Å². The summed E-state index contributed by atoms with van der Waals surface area (Å²) in [5.41, 5.74) is 1.67. The molecule has 2 N–H and O–H groups in total. The average molecular weight is 310 g/mol. The first-order valence-corrected chi connectivity index (χ1v) is 8.56. The standard InChI is InChI=1S/C14H18N2O2S2/c1-10-4-6-12(7-5-10)16-20(17,18)14-8-13(9-15-3)19-11(14)2/h4-8,15-16H,9H2,1-3H3. The Morgan fingerprint density at radius 3 is 2.40 bits per heavy atom. The van der Waals surface area contributed by atoms with E-state index in [2.05, 4.69) is 10.0 Å². The molecule has 4 nitrogen and oxygen atoms in total. The van der Waals surface area contributed by atoms with Crippen LogP contribution >= 0.6 is 11.3 Å². The first-order valence-electron chi connectivity index (χ1n) is 6.26. The van der Waals surface area contributed by atoms with Crippen LogP contribution in [0, 0.1) is 13.8 Å². The van der Waals surface area contributed by atoms with Crippen molar-refractivity contribution in [3.05, 3.63) is 45.6 Å². The second-order valence-electron chi connectivity index (χ2n) is 4.64. The molecule has 0 bridgehead atoms. The normalized spacial score (nSPS) is 11.6. The molecule has 2 rings (SSSR count). The summed E-state index contributed by atoms with van der Waals surface area (Å²) in [7, 11) is -1.68. The number of nitrogens with one attached hydrogen (secondary N) is 2. The van der Waals surface area contributed by atoms with E-state index in [9.17, 15) is 8.42 Å². The summed E-state index contributed by atoms with van der Waals surface area (Å²) in [6.07, 6.45) is 0. The molecule has 2 aromatic rings. The highest BCUT2D eigenvalue weighted by molar-refractivity contribution is 7.93. The highest BCUT2D eigenvalue weighted by atomic mass is 32.2. The van der Waals surface area contributed by atoms with E-state index >= 15 is 0 Å². The molecule has 1 aromatic carbocycles. The molecular formula is C14H18N2O2S2. The first-order chi connectivity index (χ1) is 9.42. The molecule has 0 aliphatic heterocycles. The molecule has 0 aliphatic carbocycles. The molecule has 108 valence electrons. The second kappa shape index (κ2) is 5.95. The van der Waals surface area contributed by atoms with Crippen LogP contribution in [0.2, 0.25) is 0 Å². The molecule has 0 saturated carbocycles. The van der Waals surface area contributed by atoms with Gasteiger partial charge in [0.25, 0.3) is 10.0 Å². The van der Waals surface area contributed by atoms with Crippen LogP contribution in [-0.4, -0.2) is 15.5 Å². The SMILES string of the molecule is CNCc1cc(S(=O)(=O)Nc2ccc(C)cc2)c(C)s1. The lowest BCUT2D eigenvalue weighted by atomic mass is 10.2. The molecule has 0 fully saturated rings. The third-order valence-electron chi connectivity index (χ3n) is 2.87. The van der Waals surface area contributed by atoms with Crippen molar-refractivity contribution in [2.24, 2.45) is 0 Å². The number of rotatable bonds is 5. The Morgan fingerprint density at radius 1 is 1.15 bits per heavy atom. The van der Waals surface area contributed by atoms with E-state index in [0.29, 0.717) is 17.1 Å². The van der Waals surface area contributed by atoms with Crippen molar-refractivity contribution < 1.29 is 8.42 Å². The number of hydrogen-bond acceptors (Lipinski definition) is 4. The van der Waals surface area contributed by atoms with Crippen molar-refractivity contribution in [2.75, 3.05) is 11.8 Å². The molecule has 0 amide bonds. The summed E-state index contributed by atoms with van der Waals surface area (Å²) in [6.45, 7) is 4.46. The fraction of sp³-hybridized carbons (Fsp3) is 0.286. The second-order valence-corrected chi connectivity index (χ2v) is 7.63. The van der Waals surface area contributed by atoms with Crippen LogP contribution in [0.25, 0.3) is 0 Å². The van der Waals surface area contributed by atoms with Gasteiger partial charge in [0.2, 0.25) is 0 Å². The van der Waals surface area contributed by atoms with E-state index in [0.717, 1.165) is 15.3 Å². The van der Waals surface area contributed by atoms with Gasteiger partial charge in [0, 0.05) is 22.0 Å². The zero-order chi connectivity index (χ0) is 14.8. The smallest absolute Gasteiger partial charge is 0.263 e. The number of benzene rings is 1. The van der Waals surface area contributed by atoms with Gasteiger partial charge in [-0.1, -0.05) is 17.7 Å². The fourth-order valence-corrected chi connectivity index (χ4v) is 4.59. The van der Waals surface area contributed by atoms with Gasteiger partial charge in [0.05, 0.1) is 0 Å².